The summed E-state index contributed by atoms with van der Waals surface area (Å²) in [7, 11) is 0. The Morgan fingerprint density at radius 1 is 1.32 bits per heavy atom. The van der Waals surface area contributed by atoms with Gasteiger partial charge in [0, 0.05) is 13.2 Å². The first kappa shape index (κ1) is 16.2. The molecular formula is C14H25NO4. The van der Waals surface area contributed by atoms with E-state index in [2.05, 4.69) is 5.32 Å². The predicted molar refractivity (Wildman–Crippen MR) is 73.2 cm³/mol. The Balaban J connectivity index is 2.10. The number of aryl methyl sites for hydroxylation is 1. The molecule has 0 saturated heterocycles. The summed E-state index contributed by atoms with van der Waals surface area (Å²) in [4.78, 5) is 0. The number of rotatable bonds is 10. The molecule has 1 rings (SSSR count). The quantitative estimate of drug-likeness (QED) is 0.634. The Bertz CT molecular complexity index is 340. The Labute approximate surface area is 114 Å². The van der Waals surface area contributed by atoms with Crippen LogP contribution in [0.4, 0.5) is 0 Å². The van der Waals surface area contributed by atoms with Crippen LogP contribution in [0.5, 0.6) is 0 Å². The van der Waals surface area contributed by atoms with Crippen LogP contribution in [0.3, 0.4) is 0 Å². The van der Waals surface area contributed by atoms with E-state index in [0.717, 1.165) is 11.5 Å². The maximum atomic E-state index is 9.75. The number of ether oxygens (including phenoxy) is 2. The second-order valence-electron chi connectivity index (χ2n) is 4.50. The van der Waals surface area contributed by atoms with Gasteiger partial charge in [-0.3, -0.25) is 0 Å². The number of nitrogens with one attached hydrogen (secondary N) is 1. The molecule has 1 aromatic heterocycles. The maximum Gasteiger partial charge on any atom is 0.120 e. The zero-order valence-electron chi connectivity index (χ0n) is 12.0. The molecule has 0 aromatic carbocycles. The van der Waals surface area contributed by atoms with Gasteiger partial charge in [0.2, 0.25) is 0 Å². The lowest BCUT2D eigenvalue weighted by atomic mass is 10.2. The van der Waals surface area contributed by atoms with Gasteiger partial charge in [0.05, 0.1) is 32.0 Å². The third kappa shape index (κ3) is 6.73. The van der Waals surface area contributed by atoms with Crippen molar-refractivity contribution >= 4 is 0 Å². The molecule has 2 unspecified atom stereocenters. The summed E-state index contributed by atoms with van der Waals surface area (Å²) in [5.74, 6) is 1.77. The minimum atomic E-state index is -0.528. The van der Waals surface area contributed by atoms with Gasteiger partial charge in [-0.15, -0.1) is 0 Å². The lowest BCUT2D eigenvalue weighted by Gasteiger charge is -2.15. The minimum absolute atomic E-state index is 0.0757. The van der Waals surface area contributed by atoms with Crippen LogP contribution in [0.25, 0.3) is 0 Å². The number of aliphatic hydroxyl groups excluding tert-OH is 1. The monoisotopic (exact) mass is 271 g/mol. The lowest BCUT2D eigenvalue weighted by Crippen LogP contribution is -2.32. The highest BCUT2D eigenvalue weighted by Gasteiger charge is 2.11. The summed E-state index contributed by atoms with van der Waals surface area (Å²) in [6, 6.07) is 3.95. The largest absolute Gasteiger partial charge is 0.465 e. The Morgan fingerprint density at radius 2 is 2.05 bits per heavy atom. The van der Waals surface area contributed by atoms with Crippen molar-refractivity contribution in [3.05, 3.63) is 23.7 Å². The average molecular weight is 271 g/mol. The first-order chi connectivity index (χ1) is 9.13. The van der Waals surface area contributed by atoms with Crippen LogP contribution in [0.2, 0.25) is 0 Å². The Morgan fingerprint density at radius 3 is 2.68 bits per heavy atom. The fourth-order valence-corrected chi connectivity index (χ4v) is 1.64. The highest BCUT2D eigenvalue weighted by Crippen LogP contribution is 2.15. The standard InChI is InChI=1S/C14H25NO4/c1-4-17-7-8-18-10-13(16)9-15-12(3)14-6-5-11(2)19-14/h5-6,12-13,15-16H,4,7-10H2,1-3H3. The highest BCUT2D eigenvalue weighted by atomic mass is 16.5. The van der Waals surface area contributed by atoms with Crippen LogP contribution in [-0.2, 0) is 9.47 Å². The molecule has 0 fully saturated rings. The molecule has 2 N–H and O–H groups in total. The van der Waals surface area contributed by atoms with Crippen molar-refractivity contribution in [3.8, 4) is 0 Å². The van der Waals surface area contributed by atoms with Gasteiger partial charge in [0.25, 0.3) is 0 Å². The van der Waals surface area contributed by atoms with E-state index in [1.165, 1.54) is 0 Å². The summed E-state index contributed by atoms with van der Waals surface area (Å²) >= 11 is 0. The summed E-state index contributed by atoms with van der Waals surface area (Å²) in [5, 5.41) is 13.0. The van der Waals surface area contributed by atoms with Crippen molar-refractivity contribution in [1.82, 2.24) is 5.32 Å². The van der Waals surface area contributed by atoms with Crippen LogP contribution < -0.4 is 5.32 Å². The number of hydrogen-bond donors (Lipinski definition) is 2. The molecule has 2 atom stereocenters. The Kier molecular flexibility index (Phi) is 7.74. The zero-order valence-corrected chi connectivity index (χ0v) is 12.0. The number of hydrogen-bond acceptors (Lipinski definition) is 5. The van der Waals surface area contributed by atoms with Crippen molar-refractivity contribution < 1.29 is 19.0 Å². The highest BCUT2D eigenvalue weighted by molar-refractivity contribution is 5.08. The molecule has 0 amide bonds. The molecule has 19 heavy (non-hydrogen) atoms. The molecule has 0 spiro atoms. The molecule has 0 saturated carbocycles. The van der Waals surface area contributed by atoms with Crippen molar-refractivity contribution in [1.29, 1.82) is 0 Å². The topological polar surface area (TPSA) is 63.9 Å². The van der Waals surface area contributed by atoms with Gasteiger partial charge >= 0.3 is 0 Å². The molecule has 0 aliphatic carbocycles. The third-order valence-corrected chi connectivity index (χ3v) is 2.73. The third-order valence-electron chi connectivity index (χ3n) is 2.73. The molecule has 1 aromatic rings. The molecular weight excluding hydrogens is 246 g/mol. The van der Waals surface area contributed by atoms with Crippen LogP contribution in [0.1, 0.15) is 31.4 Å². The normalized spacial score (nSPS) is 14.5. The summed E-state index contributed by atoms with van der Waals surface area (Å²) < 4.78 is 16.0. The van der Waals surface area contributed by atoms with Gasteiger partial charge in [-0.05, 0) is 32.9 Å². The van der Waals surface area contributed by atoms with Gasteiger partial charge < -0.3 is 24.3 Å². The Hall–Kier alpha value is -0.880. The van der Waals surface area contributed by atoms with Crippen molar-refractivity contribution in [2.24, 2.45) is 0 Å². The summed E-state index contributed by atoms with van der Waals surface area (Å²) in [6.07, 6.45) is -0.528. The minimum Gasteiger partial charge on any atom is -0.465 e. The van der Waals surface area contributed by atoms with E-state index in [4.69, 9.17) is 13.9 Å². The molecule has 0 aliphatic rings. The van der Waals surface area contributed by atoms with E-state index in [9.17, 15) is 5.11 Å². The average Bonchev–Trinajstić information content (AvgIpc) is 2.82. The molecule has 0 bridgehead atoms. The lowest BCUT2D eigenvalue weighted by molar-refractivity contribution is 0.00569. The van der Waals surface area contributed by atoms with Gasteiger partial charge in [-0.2, -0.15) is 0 Å². The molecule has 0 radical (unpaired) electrons. The van der Waals surface area contributed by atoms with E-state index in [1.807, 2.05) is 32.9 Å². The van der Waals surface area contributed by atoms with Crippen molar-refractivity contribution in [2.75, 3.05) is 33.0 Å². The van der Waals surface area contributed by atoms with Gasteiger partial charge in [0.15, 0.2) is 0 Å². The first-order valence-corrected chi connectivity index (χ1v) is 6.76. The van der Waals surface area contributed by atoms with Crippen LogP contribution in [0.15, 0.2) is 16.5 Å². The second-order valence-corrected chi connectivity index (χ2v) is 4.50. The van der Waals surface area contributed by atoms with E-state index < -0.39 is 6.10 Å². The van der Waals surface area contributed by atoms with Crippen molar-refractivity contribution in [3.63, 3.8) is 0 Å². The molecule has 1 heterocycles. The fraction of sp³-hybridized carbons (Fsp3) is 0.714. The second kappa shape index (κ2) is 9.09. The van der Waals surface area contributed by atoms with E-state index >= 15 is 0 Å². The van der Waals surface area contributed by atoms with E-state index in [1.54, 1.807) is 0 Å². The van der Waals surface area contributed by atoms with Crippen LogP contribution >= 0.6 is 0 Å². The molecule has 110 valence electrons. The molecule has 5 heteroatoms. The van der Waals surface area contributed by atoms with Crippen LogP contribution in [-0.4, -0.2) is 44.2 Å². The summed E-state index contributed by atoms with van der Waals surface area (Å²) in [5.41, 5.74) is 0. The van der Waals surface area contributed by atoms with Gasteiger partial charge in [0.1, 0.15) is 11.5 Å². The first-order valence-electron chi connectivity index (χ1n) is 6.76. The van der Waals surface area contributed by atoms with Crippen molar-refractivity contribution in [2.45, 2.75) is 32.9 Å². The predicted octanol–water partition coefficient (Wildman–Crippen LogP) is 1.65. The SMILES string of the molecule is CCOCCOCC(O)CNC(C)c1ccc(C)o1. The maximum absolute atomic E-state index is 9.75. The van der Waals surface area contributed by atoms with E-state index in [0.29, 0.717) is 33.0 Å². The summed E-state index contributed by atoms with van der Waals surface area (Å²) in [6.45, 7) is 8.40. The van der Waals surface area contributed by atoms with Gasteiger partial charge in [-0.1, -0.05) is 0 Å². The van der Waals surface area contributed by atoms with Gasteiger partial charge in [-0.25, -0.2) is 0 Å². The van der Waals surface area contributed by atoms with E-state index in [-0.39, 0.29) is 6.04 Å². The van der Waals surface area contributed by atoms with Crippen LogP contribution in [0, 0.1) is 6.92 Å². The fourth-order valence-electron chi connectivity index (χ4n) is 1.64. The smallest absolute Gasteiger partial charge is 0.120 e. The molecule has 5 nitrogen and oxygen atoms in total. The number of aliphatic hydroxyl groups is 1. The zero-order chi connectivity index (χ0) is 14.1. The number of furan rings is 1. The molecule has 0 aliphatic heterocycles.